The summed E-state index contributed by atoms with van der Waals surface area (Å²) in [5.41, 5.74) is 7.81. The first-order chi connectivity index (χ1) is 4.41. The molecule has 2 N–H and O–H groups in total. The van der Waals surface area contributed by atoms with Crippen molar-refractivity contribution in [3.8, 4) is 0 Å². The van der Waals surface area contributed by atoms with E-state index in [2.05, 4.69) is 15.3 Å². The SMILES string of the molecule is [N-]=[N+]=NCCNCC=N. The molecule has 0 aliphatic rings. The number of azide groups is 1. The van der Waals surface area contributed by atoms with Crippen molar-refractivity contribution < 1.29 is 0 Å². The lowest BCUT2D eigenvalue weighted by Gasteiger charge is -1.92. The van der Waals surface area contributed by atoms with Crippen molar-refractivity contribution in [1.82, 2.24) is 5.32 Å². The smallest absolute Gasteiger partial charge is 0.0383 e. The van der Waals surface area contributed by atoms with E-state index in [1.807, 2.05) is 0 Å². The van der Waals surface area contributed by atoms with Crippen molar-refractivity contribution in [3.05, 3.63) is 10.4 Å². The Hall–Kier alpha value is -1.06. The molecule has 0 saturated heterocycles. The van der Waals surface area contributed by atoms with E-state index < -0.39 is 0 Å². The van der Waals surface area contributed by atoms with Gasteiger partial charge in [-0.05, 0) is 5.53 Å². The maximum absolute atomic E-state index is 7.81. The quantitative estimate of drug-likeness (QED) is 0.182. The summed E-state index contributed by atoms with van der Waals surface area (Å²) in [7, 11) is 0. The molecule has 0 spiro atoms. The van der Waals surface area contributed by atoms with Gasteiger partial charge in [-0.3, -0.25) is 0 Å². The minimum absolute atomic E-state index is 0.449. The van der Waals surface area contributed by atoms with Gasteiger partial charge in [0.25, 0.3) is 0 Å². The molecule has 50 valence electrons. The molecule has 0 unspecified atom stereocenters. The van der Waals surface area contributed by atoms with Crippen molar-refractivity contribution in [2.75, 3.05) is 19.6 Å². The minimum Gasteiger partial charge on any atom is -0.312 e. The average Bonchev–Trinajstić information content (AvgIpc) is 1.89. The fraction of sp³-hybridized carbons (Fsp3) is 0.750. The van der Waals surface area contributed by atoms with Crippen molar-refractivity contribution >= 4 is 6.21 Å². The Balaban J connectivity index is 2.90. The van der Waals surface area contributed by atoms with Crippen LogP contribution in [0.2, 0.25) is 0 Å². The molecule has 5 nitrogen and oxygen atoms in total. The van der Waals surface area contributed by atoms with Gasteiger partial charge in [0.1, 0.15) is 0 Å². The highest BCUT2D eigenvalue weighted by Crippen LogP contribution is 1.66. The predicted molar refractivity (Wildman–Crippen MR) is 35.7 cm³/mol. The molecular formula is C4H9N5. The highest BCUT2D eigenvalue weighted by atomic mass is 15.1. The third-order valence-corrected chi connectivity index (χ3v) is 0.698. The summed E-state index contributed by atoms with van der Waals surface area (Å²) in [6.07, 6.45) is 1.26. The Bertz CT molecular complexity index is 114. The molecule has 0 amide bonds. The first-order valence-electron chi connectivity index (χ1n) is 2.62. The molecule has 0 heterocycles. The average molecular weight is 127 g/mol. The van der Waals surface area contributed by atoms with Gasteiger partial charge in [-0.15, -0.1) is 0 Å². The molecule has 0 saturated carbocycles. The molecule has 0 bridgehead atoms. The standard InChI is InChI=1S/C4H9N5/c5-1-2-7-3-4-8-9-6/h1,5,7H,2-4H2. The van der Waals surface area contributed by atoms with Crippen LogP contribution in [0.3, 0.4) is 0 Å². The topological polar surface area (TPSA) is 84.6 Å². The van der Waals surface area contributed by atoms with E-state index in [0.717, 1.165) is 0 Å². The lowest BCUT2D eigenvalue weighted by Crippen LogP contribution is -2.18. The van der Waals surface area contributed by atoms with Crippen LogP contribution in [-0.2, 0) is 0 Å². The number of nitrogens with zero attached hydrogens (tertiary/aromatic N) is 3. The number of nitrogens with one attached hydrogen (secondary N) is 2. The summed E-state index contributed by atoms with van der Waals surface area (Å²) in [6, 6.07) is 0. The molecule has 0 aromatic rings. The molecule has 5 heteroatoms. The first kappa shape index (κ1) is 7.94. The summed E-state index contributed by atoms with van der Waals surface area (Å²) in [5.74, 6) is 0. The van der Waals surface area contributed by atoms with Crippen LogP contribution in [0.25, 0.3) is 10.4 Å². The van der Waals surface area contributed by atoms with E-state index in [4.69, 9.17) is 10.9 Å². The third kappa shape index (κ3) is 6.94. The predicted octanol–water partition coefficient (Wildman–Crippen LogP) is 0.536. The molecule has 9 heavy (non-hydrogen) atoms. The van der Waals surface area contributed by atoms with Crippen molar-refractivity contribution in [2.45, 2.75) is 0 Å². The van der Waals surface area contributed by atoms with Crippen molar-refractivity contribution in [3.63, 3.8) is 0 Å². The van der Waals surface area contributed by atoms with Crippen LogP contribution >= 0.6 is 0 Å². The van der Waals surface area contributed by atoms with Gasteiger partial charge in [0.05, 0.1) is 0 Å². The van der Waals surface area contributed by atoms with Crippen LogP contribution in [-0.4, -0.2) is 25.8 Å². The van der Waals surface area contributed by atoms with E-state index in [0.29, 0.717) is 19.6 Å². The summed E-state index contributed by atoms with van der Waals surface area (Å²) in [4.78, 5) is 2.56. The second kappa shape index (κ2) is 6.94. The molecular weight excluding hydrogens is 118 g/mol. The maximum atomic E-state index is 7.81. The van der Waals surface area contributed by atoms with Gasteiger partial charge in [-0.2, -0.15) is 0 Å². The Morgan fingerprint density at radius 3 is 3.11 bits per heavy atom. The lowest BCUT2D eigenvalue weighted by molar-refractivity contribution is 0.768. The van der Waals surface area contributed by atoms with Gasteiger partial charge in [-0.1, -0.05) is 5.11 Å². The summed E-state index contributed by atoms with van der Waals surface area (Å²) < 4.78 is 0. The van der Waals surface area contributed by atoms with Crippen LogP contribution in [0.1, 0.15) is 0 Å². The van der Waals surface area contributed by atoms with E-state index in [1.165, 1.54) is 6.21 Å². The molecule has 0 aliphatic heterocycles. The highest BCUT2D eigenvalue weighted by molar-refractivity contribution is 5.55. The third-order valence-electron chi connectivity index (χ3n) is 0.698. The van der Waals surface area contributed by atoms with Gasteiger partial charge in [0.2, 0.25) is 0 Å². The molecule has 0 fully saturated rings. The fourth-order valence-electron chi connectivity index (χ4n) is 0.348. The Labute approximate surface area is 53.2 Å². The van der Waals surface area contributed by atoms with Crippen LogP contribution in [0.15, 0.2) is 5.11 Å². The van der Waals surface area contributed by atoms with Crippen LogP contribution in [0, 0.1) is 5.41 Å². The first-order valence-corrected chi connectivity index (χ1v) is 2.62. The lowest BCUT2D eigenvalue weighted by atomic mass is 10.6. The minimum atomic E-state index is 0.449. The normalized spacial score (nSPS) is 8.00. The Morgan fingerprint density at radius 1 is 1.78 bits per heavy atom. The molecule has 0 rings (SSSR count). The van der Waals surface area contributed by atoms with Crippen molar-refractivity contribution in [2.24, 2.45) is 5.11 Å². The van der Waals surface area contributed by atoms with E-state index in [-0.39, 0.29) is 0 Å². The zero-order valence-corrected chi connectivity index (χ0v) is 5.04. The number of hydrogen-bond acceptors (Lipinski definition) is 3. The van der Waals surface area contributed by atoms with Crippen molar-refractivity contribution in [1.29, 1.82) is 5.41 Å². The molecule has 0 radical (unpaired) electrons. The summed E-state index contributed by atoms with van der Waals surface area (Å²) in [5, 5.41) is 12.7. The van der Waals surface area contributed by atoms with Gasteiger partial charge >= 0.3 is 0 Å². The van der Waals surface area contributed by atoms with E-state index in [9.17, 15) is 0 Å². The second-order valence-corrected chi connectivity index (χ2v) is 1.36. The van der Waals surface area contributed by atoms with Crippen LogP contribution in [0.4, 0.5) is 0 Å². The van der Waals surface area contributed by atoms with E-state index in [1.54, 1.807) is 0 Å². The van der Waals surface area contributed by atoms with Gasteiger partial charge in [-0.25, -0.2) is 0 Å². The largest absolute Gasteiger partial charge is 0.312 e. The van der Waals surface area contributed by atoms with Gasteiger partial charge in [0, 0.05) is 30.8 Å². The van der Waals surface area contributed by atoms with Crippen LogP contribution in [0.5, 0.6) is 0 Å². The molecule has 0 aromatic carbocycles. The Morgan fingerprint density at radius 2 is 2.56 bits per heavy atom. The number of hydrogen-bond donors (Lipinski definition) is 2. The molecule has 0 atom stereocenters. The number of rotatable bonds is 5. The zero-order valence-electron chi connectivity index (χ0n) is 5.04. The van der Waals surface area contributed by atoms with E-state index >= 15 is 0 Å². The molecule has 0 aromatic heterocycles. The fourth-order valence-corrected chi connectivity index (χ4v) is 0.348. The van der Waals surface area contributed by atoms with Crippen LogP contribution < -0.4 is 5.32 Å². The Kier molecular flexibility index (Phi) is 6.12. The summed E-state index contributed by atoms with van der Waals surface area (Å²) >= 11 is 0. The highest BCUT2D eigenvalue weighted by Gasteiger charge is 1.78. The maximum Gasteiger partial charge on any atom is 0.0383 e. The van der Waals surface area contributed by atoms with Gasteiger partial charge < -0.3 is 10.7 Å². The zero-order chi connectivity index (χ0) is 6.95. The monoisotopic (exact) mass is 127 g/mol. The molecule has 0 aliphatic carbocycles. The van der Waals surface area contributed by atoms with Gasteiger partial charge in [0.15, 0.2) is 0 Å². The summed E-state index contributed by atoms with van der Waals surface area (Å²) in [6.45, 7) is 1.63. The second-order valence-electron chi connectivity index (χ2n) is 1.36.